The molecule has 0 saturated heterocycles. The average Bonchev–Trinajstić information content (AvgIpc) is 3.11. The molecule has 5 nitrogen and oxygen atoms in total. The number of nitrogens with zero attached hydrogens (tertiary/aromatic N) is 3. The highest BCUT2D eigenvalue weighted by Crippen LogP contribution is 2.26. The zero-order chi connectivity index (χ0) is 20.8. The Morgan fingerprint density at radius 2 is 2.00 bits per heavy atom. The van der Waals surface area contributed by atoms with E-state index in [4.69, 9.17) is 11.6 Å². The normalized spacial score (nSPS) is 10.7. The van der Waals surface area contributed by atoms with E-state index in [1.165, 1.54) is 11.8 Å². The van der Waals surface area contributed by atoms with Crippen LogP contribution in [0, 0.1) is 6.92 Å². The van der Waals surface area contributed by atoms with Crippen molar-refractivity contribution < 1.29 is 4.79 Å². The Morgan fingerprint density at radius 3 is 2.69 bits per heavy atom. The minimum atomic E-state index is -0.0693. The number of nitrogens with one attached hydrogen (secondary N) is 1. The summed E-state index contributed by atoms with van der Waals surface area (Å²) in [5.74, 6) is 0.893. The molecule has 7 heteroatoms. The molecule has 1 aromatic heterocycles. The van der Waals surface area contributed by atoms with Gasteiger partial charge >= 0.3 is 0 Å². The van der Waals surface area contributed by atoms with Gasteiger partial charge in [0.05, 0.1) is 5.75 Å². The van der Waals surface area contributed by atoms with E-state index >= 15 is 0 Å². The number of aromatic nitrogens is 3. The molecule has 1 N–H and O–H groups in total. The van der Waals surface area contributed by atoms with E-state index < -0.39 is 0 Å². The lowest BCUT2D eigenvalue weighted by atomic mass is 10.1. The molecule has 3 aromatic rings. The summed E-state index contributed by atoms with van der Waals surface area (Å²) in [6.07, 6.45) is 2.65. The number of hydrogen-bond acceptors (Lipinski definition) is 4. The third-order valence-corrected chi connectivity index (χ3v) is 5.69. The minimum absolute atomic E-state index is 0.0693. The van der Waals surface area contributed by atoms with Crippen LogP contribution in [0.15, 0.2) is 60.3 Å². The lowest BCUT2D eigenvalue weighted by molar-refractivity contribution is -0.113. The molecule has 0 aliphatic heterocycles. The third-order valence-electron chi connectivity index (χ3n) is 4.47. The smallest absolute Gasteiger partial charge is 0.234 e. The zero-order valence-corrected chi connectivity index (χ0v) is 18.1. The van der Waals surface area contributed by atoms with Gasteiger partial charge in [0.25, 0.3) is 0 Å². The molecule has 150 valence electrons. The van der Waals surface area contributed by atoms with Crippen LogP contribution in [0.3, 0.4) is 0 Å². The molecule has 0 bridgehead atoms. The van der Waals surface area contributed by atoms with E-state index in [1.54, 1.807) is 6.08 Å². The maximum Gasteiger partial charge on any atom is 0.234 e. The van der Waals surface area contributed by atoms with Crippen LogP contribution < -0.4 is 5.32 Å². The largest absolute Gasteiger partial charge is 0.325 e. The summed E-state index contributed by atoms with van der Waals surface area (Å²) in [4.78, 5) is 12.6. The Bertz CT molecular complexity index is 1010. The van der Waals surface area contributed by atoms with Crippen molar-refractivity contribution in [2.75, 3.05) is 11.1 Å². The van der Waals surface area contributed by atoms with E-state index in [9.17, 15) is 4.79 Å². The highest BCUT2D eigenvalue weighted by molar-refractivity contribution is 7.99. The van der Waals surface area contributed by atoms with Gasteiger partial charge in [-0.3, -0.25) is 9.36 Å². The van der Waals surface area contributed by atoms with Gasteiger partial charge in [0, 0.05) is 22.8 Å². The Labute approximate surface area is 180 Å². The standard InChI is InChI=1S/C22H23ClN4OS/c1-4-13-27-21(17-9-11-18(23)12-10-17)25-26-22(27)29-14-19(28)24-20-15(3)7-6-8-16(20)5-2/h4,6-12H,1,5,13-14H2,2-3H3,(H,24,28). The number of carbonyl (C=O) groups excluding carboxylic acids is 1. The first-order chi connectivity index (χ1) is 14.0. The van der Waals surface area contributed by atoms with E-state index in [0.717, 1.165) is 34.6 Å². The maximum absolute atomic E-state index is 12.6. The summed E-state index contributed by atoms with van der Waals surface area (Å²) in [5.41, 5.74) is 3.99. The summed E-state index contributed by atoms with van der Waals surface area (Å²) >= 11 is 7.34. The van der Waals surface area contributed by atoms with Crippen molar-refractivity contribution >= 4 is 35.0 Å². The molecule has 1 amide bonds. The predicted molar refractivity (Wildman–Crippen MR) is 121 cm³/mol. The molecule has 0 atom stereocenters. The molecule has 29 heavy (non-hydrogen) atoms. The van der Waals surface area contributed by atoms with E-state index in [-0.39, 0.29) is 11.7 Å². The van der Waals surface area contributed by atoms with Crippen molar-refractivity contribution in [3.8, 4) is 11.4 Å². The lowest BCUT2D eigenvalue weighted by Gasteiger charge is -2.13. The molecule has 0 aliphatic rings. The molecular formula is C22H23ClN4OS. The topological polar surface area (TPSA) is 59.8 Å². The van der Waals surface area contributed by atoms with Crippen molar-refractivity contribution in [3.63, 3.8) is 0 Å². The number of rotatable bonds is 8. The van der Waals surface area contributed by atoms with E-state index in [1.807, 2.05) is 54.0 Å². The van der Waals surface area contributed by atoms with Gasteiger partial charge < -0.3 is 5.32 Å². The van der Waals surface area contributed by atoms with Crippen LogP contribution >= 0.6 is 23.4 Å². The monoisotopic (exact) mass is 426 g/mol. The molecule has 0 saturated carbocycles. The third kappa shape index (κ3) is 5.08. The van der Waals surface area contributed by atoms with Crippen LogP contribution in [-0.2, 0) is 17.8 Å². The van der Waals surface area contributed by atoms with Gasteiger partial charge in [0.1, 0.15) is 0 Å². The van der Waals surface area contributed by atoms with Crippen LogP contribution in [0.25, 0.3) is 11.4 Å². The van der Waals surface area contributed by atoms with Gasteiger partial charge in [0.15, 0.2) is 11.0 Å². The minimum Gasteiger partial charge on any atom is -0.325 e. The van der Waals surface area contributed by atoms with Crippen LogP contribution in [0.1, 0.15) is 18.1 Å². The van der Waals surface area contributed by atoms with E-state index in [2.05, 4.69) is 29.0 Å². The summed E-state index contributed by atoms with van der Waals surface area (Å²) in [6, 6.07) is 13.5. The van der Waals surface area contributed by atoms with Gasteiger partial charge in [-0.15, -0.1) is 16.8 Å². The molecule has 0 unspecified atom stereocenters. The van der Waals surface area contributed by atoms with Gasteiger partial charge in [-0.2, -0.15) is 0 Å². The summed E-state index contributed by atoms with van der Waals surface area (Å²) < 4.78 is 1.94. The van der Waals surface area contributed by atoms with Crippen LogP contribution in [0.2, 0.25) is 5.02 Å². The van der Waals surface area contributed by atoms with Gasteiger partial charge in [-0.1, -0.05) is 54.6 Å². The first-order valence-corrected chi connectivity index (χ1v) is 10.7. The number of carbonyl (C=O) groups is 1. The number of thioether (sulfide) groups is 1. The fourth-order valence-corrected chi connectivity index (χ4v) is 3.88. The summed E-state index contributed by atoms with van der Waals surface area (Å²) in [6.45, 7) is 8.45. The van der Waals surface area contributed by atoms with Crippen molar-refractivity contribution in [3.05, 3.63) is 71.3 Å². The van der Waals surface area contributed by atoms with Crippen molar-refractivity contribution in [1.29, 1.82) is 0 Å². The number of aryl methyl sites for hydroxylation is 2. The molecule has 2 aromatic carbocycles. The summed E-state index contributed by atoms with van der Waals surface area (Å²) in [7, 11) is 0. The van der Waals surface area contributed by atoms with Crippen molar-refractivity contribution in [1.82, 2.24) is 14.8 Å². The number of amides is 1. The number of para-hydroxylation sites is 1. The highest BCUT2D eigenvalue weighted by Gasteiger charge is 2.16. The molecule has 1 heterocycles. The summed E-state index contributed by atoms with van der Waals surface area (Å²) in [5, 5.41) is 13.0. The molecular weight excluding hydrogens is 404 g/mol. The second kappa shape index (κ2) is 9.76. The van der Waals surface area contributed by atoms with Crippen LogP contribution in [0.5, 0.6) is 0 Å². The molecule has 3 rings (SSSR count). The lowest BCUT2D eigenvalue weighted by Crippen LogP contribution is -2.16. The molecule has 0 aliphatic carbocycles. The van der Waals surface area contributed by atoms with Gasteiger partial charge in [-0.25, -0.2) is 0 Å². The van der Waals surface area contributed by atoms with Gasteiger partial charge in [-0.05, 0) is 48.7 Å². The first kappa shape index (κ1) is 21.1. The van der Waals surface area contributed by atoms with Crippen molar-refractivity contribution in [2.24, 2.45) is 0 Å². The molecule has 0 radical (unpaired) electrons. The highest BCUT2D eigenvalue weighted by atomic mass is 35.5. The second-order valence-corrected chi connectivity index (χ2v) is 7.89. The molecule has 0 fully saturated rings. The zero-order valence-electron chi connectivity index (χ0n) is 16.5. The van der Waals surface area contributed by atoms with Crippen LogP contribution in [-0.4, -0.2) is 26.4 Å². The maximum atomic E-state index is 12.6. The average molecular weight is 427 g/mol. The second-order valence-electron chi connectivity index (χ2n) is 6.51. The van der Waals surface area contributed by atoms with Crippen molar-refractivity contribution in [2.45, 2.75) is 32.0 Å². The number of halogens is 1. The fourth-order valence-electron chi connectivity index (χ4n) is 3.01. The number of benzene rings is 2. The molecule has 0 spiro atoms. The van der Waals surface area contributed by atoms with Gasteiger partial charge in [0.2, 0.25) is 5.91 Å². The quantitative estimate of drug-likeness (QED) is 0.387. The fraction of sp³-hybridized carbons (Fsp3) is 0.227. The Balaban J connectivity index is 1.74. The number of allylic oxidation sites excluding steroid dienone is 1. The SMILES string of the molecule is C=CCn1c(SCC(=O)Nc2c(C)cccc2CC)nnc1-c1ccc(Cl)cc1. The Morgan fingerprint density at radius 1 is 1.24 bits per heavy atom. The van der Waals surface area contributed by atoms with Crippen LogP contribution in [0.4, 0.5) is 5.69 Å². The Hall–Kier alpha value is -2.57. The Kier molecular flexibility index (Phi) is 7.12. The number of hydrogen-bond donors (Lipinski definition) is 1. The first-order valence-electron chi connectivity index (χ1n) is 9.34. The number of anilines is 1. The van der Waals surface area contributed by atoms with E-state index in [0.29, 0.717) is 16.7 Å². The predicted octanol–water partition coefficient (Wildman–Crippen LogP) is 5.39.